The zero-order valence-corrected chi connectivity index (χ0v) is 18.0. The molecule has 30 heavy (non-hydrogen) atoms. The lowest BCUT2D eigenvalue weighted by Crippen LogP contribution is -2.41. The highest BCUT2D eigenvalue weighted by molar-refractivity contribution is 7.18. The molecule has 0 saturated carbocycles. The minimum Gasteiger partial charge on any atom is -0.442 e. The summed E-state index contributed by atoms with van der Waals surface area (Å²) >= 11 is 7.07. The number of aliphatic hydroxyl groups is 1. The van der Waals surface area contributed by atoms with Crippen LogP contribution in [0.1, 0.15) is 28.9 Å². The average Bonchev–Trinajstić information content (AvgIpc) is 3.37. The number of hydrogen-bond acceptors (Lipinski definition) is 6. The summed E-state index contributed by atoms with van der Waals surface area (Å²) in [4.78, 5) is 28.8. The van der Waals surface area contributed by atoms with E-state index in [0.717, 1.165) is 37.2 Å². The number of nitrogens with zero attached hydrogens (tertiary/aromatic N) is 2. The van der Waals surface area contributed by atoms with Crippen LogP contribution in [-0.2, 0) is 4.74 Å². The molecule has 2 atom stereocenters. The second kappa shape index (κ2) is 9.24. The van der Waals surface area contributed by atoms with Crippen LogP contribution in [0.3, 0.4) is 0 Å². The molecule has 2 unspecified atom stereocenters. The van der Waals surface area contributed by atoms with Crippen molar-refractivity contribution in [2.45, 2.75) is 31.4 Å². The molecule has 2 amide bonds. The maximum atomic E-state index is 12.3. The molecular weight excluding hydrogens is 426 g/mol. The number of thiophene rings is 1. The Bertz CT molecular complexity index is 904. The summed E-state index contributed by atoms with van der Waals surface area (Å²) in [6.07, 6.45) is 2.39. The first kappa shape index (κ1) is 21.0. The molecule has 1 aromatic heterocycles. The van der Waals surface area contributed by atoms with Gasteiger partial charge >= 0.3 is 6.09 Å². The summed E-state index contributed by atoms with van der Waals surface area (Å²) in [7, 11) is 0. The van der Waals surface area contributed by atoms with Gasteiger partial charge in [0.1, 0.15) is 6.10 Å². The van der Waals surface area contributed by atoms with Gasteiger partial charge in [0.05, 0.1) is 35.0 Å². The summed E-state index contributed by atoms with van der Waals surface area (Å²) in [6, 6.07) is 11.2. The Balaban J connectivity index is 1.35. The van der Waals surface area contributed by atoms with E-state index >= 15 is 0 Å². The monoisotopic (exact) mass is 449 g/mol. The van der Waals surface area contributed by atoms with Crippen LogP contribution in [-0.4, -0.2) is 55.5 Å². The van der Waals surface area contributed by atoms with Gasteiger partial charge in [-0.2, -0.15) is 0 Å². The molecule has 2 aliphatic rings. The molecule has 2 fully saturated rings. The molecule has 0 bridgehead atoms. The Kier molecular flexibility index (Phi) is 6.46. The largest absolute Gasteiger partial charge is 0.442 e. The number of anilines is 2. The number of cyclic esters (lactones) is 1. The SMILES string of the molecule is O=C(NCC1CN(c2ccc(N3CCCCC3CO)cc2)C(=O)O1)c1ccc(Cl)s1. The van der Waals surface area contributed by atoms with E-state index in [1.165, 1.54) is 11.3 Å². The Morgan fingerprint density at radius 1 is 1.20 bits per heavy atom. The van der Waals surface area contributed by atoms with Crippen molar-refractivity contribution in [3.63, 3.8) is 0 Å². The number of benzene rings is 1. The lowest BCUT2D eigenvalue weighted by molar-refractivity contribution is 0.0920. The van der Waals surface area contributed by atoms with Crippen LogP contribution < -0.4 is 15.1 Å². The number of hydrogen-bond donors (Lipinski definition) is 2. The van der Waals surface area contributed by atoms with E-state index in [1.807, 2.05) is 24.3 Å². The van der Waals surface area contributed by atoms with E-state index in [1.54, 1.807) is 17.0 Å². The molecule has 0 radical (unpaired) electrons. The maximum absolute atomic E-state index is 12.3. The quantitative estimate of drug-likeness (QED) is 0.705. The normalized spacial score (nSPS) is 21.6. The van der Waals surface area contributed by atoms with E-state index < -0.39 is 12.2 Å². The van der Waals surface area contributed by atoms with Crippen LogP contribution in [0, 0.1) is 0 Å². The number of nitrogens with one attached hydrogen (secondary N) is 1. The number of carbonyl (C=O) groups is 2. The predicted octanol–water partition coefficient (Wildman–Crippen LogP) is 3.51. The van der Waals surface area contributed by atoms with Gasteiger partial charge in [0.15, 0.2) is 0 Å². The zero-order valence-electron chi connectivity index (χ0n) is 16.4. The molecule has 4 rings (SSSR count). The Morgan fingerprint density at radius 2 is 1.97 bits per heavy atom. The highest BCUT2D eigenvalue weighted by Crippen LogP contribution is 2.28. The van der Waals surface area contributed by atoms with Crippen LogP contribution in [0.15, 0.2) is 36.4 Å². The first-order valence-electron chi connectivity index (χ1n) is 10.0. The summed E-state index contributed by atoms with van der Waals surface area (Å²) in [5.74, 6) is -0.231. The summed E-state index contributed by atoms with van der Waals surface area (Å²) in [5.41, 5.74) is 1.80. The second-order valence-corrected chi connectivity index (χ2v) is 9.19. The first-order valence-corrected chi connectivity index (χ1v) is 11.2. The number of ether oxygens (including phenoxy) is 1. The third-order valence-corrected chi connectivity index (χ3v) is 6.72. The fourth-order valence-corrected chi connectivity index (χ4v) is 4.88. The van der Waals surface area contributed by atoms with Crippen LogP contribution in [0.4, 0.5) is 16.2 Å². The molecule has 0 spiro atoms. The molecule has 2 aromatic rings. The summed E-state index contributed by atoms with van der Waals surface area (Å²) in [5, 5.41) is 12.4. The molecule has 2 N–H and O–H groups in total. The van der Waals surface area contributed by atoms with Crippen LogP contribution in [0.5, 0.6) is 0 Å². The van der Waals surface area contributed by atoms with Gasteiger partial charge in [-0.25, -0.2) is 4.79 Å². The Morgan fingerprint density at radius 3 is 2.67 bits per heavy atom. The van der Waals surface area contributed by atoms with Gasteiger partial charge in [-0.3, -0.25) is 9.69 Å². The number of halogens is 1. The fourth-order valence-electron chi connectivity index (χ4n) is 3.92. The van der Waals surface area contributed by atoms with Crippen molar-refractivity contribution in [1.29, 1.82) is 0 Å². The highest BCUT2D eigenvalue weighted by Gasteiger charge is 2.33. The minimum absolute atomic E-state index is 0.144. The standard InChI is InChI=1S/C21H24ClN3O4S/c22-19-9-8-18(30-19)20(27)23-11-17-12-25(21(28)29-17)15-6-4-14(5-7-15)24-10-2-1-3-16(24)13-26/h4-9,16-17,26H,1-3,10-13H2,(H,23,27). The molecule has 9 heteroatoms. The number of carbonyl (C=O) groups excluding carboxylic acids is 2. The van der Waals surface area contributed by atoms with Crippen molar-refractivity contribution < 1.29 is 19.4 Å². The van der Waals surface area contributed by atoms with Gasteiger partial charge in [0.2, 0.25) is 0 Å². The first-order chi connectivity index (χ1) is 14.5. The minimum atomic E-state index is -0.424. The topological polar surface area (TPSA) is 82.1 Å². The molecule has 160 valence electrons. The Hall–Kier alpha value is -2.29. The zero-order chi connectivity index (χ0) is 21.1. The van der Waals surface area contributed by atoms with E-state index in [9.17, 15) is 14.7 Å². The lowest BCUT2D eigenvalue weighted by atomic mass is 10.0. The van der Waals surface area contributed by atoms with Crippen molar-refractivity contribution in [3.8, 4) is 0 Å². The lowest BCUT2D eigenvalue weighted by Gasteiger charge is -2.36. The van der Waals surface area contributed by atoms with Gasteiger partial charge in [0.25, 0.3) is 5.91 Å². The van der Waals surface area contributed by atoms with Gasteiger partial charge in [0, 0.05) is 17.9 Å². The maximum Gasteiger partial charge on any atom is 0.414 e. The second-order valence-electron chi connectivity index (χ2n) is 7.47. The number of rotatable bonds is 6. The van der Waals surface area contributed by atoms with E-state index in [2.05, 4.69) is 10.2 Å². The molecule has 0 aliphatic carbocycles. The van der Waals surface area contributed by atoms with Crippen LogP contribution in [0.2, 0.25) is 4.34 Å². The molecule has 2 aliphatic heterocycles. The third-order valence-electron chi connectivity index (χ3n) is 5.49. The molecule has 1 aromatic carbocycles. The van der Waals surface area contributed by atoms with Crippen LogP contribution in [0.25, 0.3) is 0 Å². The van der Waals surface area contributed by atoms with Crippen molar-refractivity contribution >= 4 is 46.3 Å². The van der Waals surface area contributed by atoms with Crippen molar-refractivity contribution in [3.05, 3.63) is 45.6 Å². The Labute approximate surface area is 184 Å². The number of amides is 2. The number of aliphatic hydroxyl groups excluding tert-OH is 1. The molecular formula is C21H24ClN3O4S. The predicted molar refractivity (Wildman–Crippen MR) is 118 cm³/mol. The van der Waals surface area contributed by atoms with Crippen molar-refractivity contribution in [2.75, 3.05) is 36.0 Å². The fraction of sp³-hybridized carbons (Fsp3) is 0.429. The van der Waals surface area contributed by atoms with E-state index in [0.29, 0.717) is 15.8 Å². The van der Waals surface area contributed by atoms with Crippen LogP contribution >= 0.6 is 22.9 Å². The van der Waals surface area contributed by atoms with Gasteiger partial charge in [-0.05, 0) is 55.7 Å². The van der Waals surface area contributed by atoms with E-state index in [-0.39, 0.29) is 25.1 Å². The third kappa shape index (κ3) is 4.55. The van der Waals surface area contributed by atoms with E-state index in [4.69, 9.17) is 16.3 Å². The number of piperidine rings is 1. The smallest absolute Gasteiger partial charge is 0.414 e. The average molecular weight is 450 g/mol. The molecule has 7 nitrogen and oxygen atoms in total. The van der Waals surface area contributed by atoms with Crippen molar-refractivity contribution in [1.82, 2.24) is 5.32 Å². The summed E-state index contributed by atoms with van der Waals surface area (Å²) < 4.78 is 5.96. The van der Waals surface area contributed by atoms with Gasteiger partial charge in [-0.1, -0.05) is 11.6 Å². The van der Waals surface area contributed by atoms with Gasteiger partial charge in [-0.15, -0.1) is 11.3 Å². The van der Waals surface area contributed by atoms with Gasteiger partial charge < -0.3 is 20.1 Å². The summed E-state index contributed by atoms with van der Waals surface area (Å²) in [6.45, 7) is 1.67. The van der Waals surface area contributed by atoms with Crippen molar-refractivity contribution in [2.24, 2.45) is 0 Å². The molecule has 2 saturated heterocycles. The highest BCUT2D eigenvalue weighted by atomic mass is 35.5. The molecule has 3 heterocycles.